The molecule has 2 heteroatoms. The van der Waals surface area contributed by atoms with Crippen molar-refractivity contribution in [1.82, 2.24) is 0 Å². The fourth-order valence-corrected chi connectivity index (χ4v) is 0. The highest BCUT2D eigenvalue weighted by atomic mass is 16.1. The third-order valence-electron chi connectivity index (χ3n) is 0.287. The Bertz CT molecular complexity index is 56.6. The van der Waals surface area contributed by atoms with Crippen LogP contribution >= 0.6 is 0 Å². The minimum Gasteiger partial charge on any atom is -0.412 e. The number of carbonyl (C=O) groups excluding carboxylic acids is 1. The summed E-state index contributed by atoms with van der Waals surface area (Å²) in [5, 5.41) is 0. The van der Waals surface area contributed by atoms with E-state index < -0.39 is 0 Å². The molecule has 2 N–H and O–H groups in total. The number of rotatable bonds is 1. The largest absolute Gasteiger partial charge is 0.412 e. The summed E-state index contributed by atoms with van der Waals surface area (Å²) in [5.41, 5.74) is 0. The molecule has 0 saturated heterocycles. The van der Waals surface area contributed by atoms with E-state index in [-0.39, 0.29) is 11.3 Å². The van der Waals surface area contributed by atoms with Gasteiger partial charge in [0.25, 0.3) is 0 Å². The number of allylic oxidation sites excluding steroid dienone is 1. The average Bonchev–Trinajstić information content (AvgIpc) is 1.38. The van der Waals surface area contributed by atoms with Crippen molar-refractivity contribution >= 4 is 5.78 Å². The maximum atomic E-state index is 9.69. The van der Waals surface area contributed by atoms with Crippen molar-refractivity contribution in [3.8, 4) is 0 Å². The predicted octanol–water partition coefficient (Wildman–Crippen LogP) is -0.0633. The zero-order valence-electron chi connectivity index (χ0n) is 3.69. The third-order valence-corrected chi connectivity index (χ3v) is 0.287. The Morgan fingerprint density at radius 1 is 1.83 bits per heavy atom. The highest BCUT2D eigenvalue weighted by Gasteiger charge is 1.69. The first-order valence-corrected chi connectivity index (χ1v) is 1.40. The summed E-state index contributed by atoms with van der Waals surface area (Å²) in [7, 11) is 0. The van der Waals surface area contributed by atoms with E-state index in [0.717, 1.165) is 0 Å². The number of ketones is 1. The number of hydrogen-bond acceptors (Lipinski definition) is 1. The maximum Gasteiger partial charge on any atom is 0.152 e. The molecule has 0 rings (SSSR count). The van der Waals surface area contributed by atoms with Crippen LogP contribution in [-0.4, -0.2) is 11.3 Å². The molecule has 0 aromatic carbocycles. The Labute approximate surface area is 36.8 Å². The van der Waals surface area contributed by atoms with E-state index in [9.17, 15) is 4.79 Å². The molecule has 0 radical (unpaired) electrons. The van der Waals surface area contributed by atoms with Crippen LogP contribution in [-0.2, 0) is 4.79 Å². The molecule has 0 fully saturated rings. The minimum atomic E-state index is 0. The van der Waals surface area contributed by atoms with Crippen LogP contribution in [0.5, 0.6) is 0 Å². The third kappa shape index (κ3) is 10.1. The normalized spacial score (nSPS) is 5.50. The lowest BCUT2D eigenvalue weighted by Gasteiger charge is -1.62. The van der Waals surface area contributed by atoms with Gasteiger partial charge in [-0.05, 0) is 13.0 Å². The van der Waals surface area contributed by atoms with Crippen LogP contribution in [0.2, 0.25) is 0 Å². The van der Waals surface area contributed by atoms with Gasteiger partial charge in [0.2, 0.25) is 0 Å². The molecule has 0 amide bonds. The molecular weight excluding hydrogens is 80.0 g/mol. The molecule has 36 valence electrons. The van der Waals surface area contributed by atoms with Crippen LogP contribution in [0.4, 0.5) is 0 Å². The van der Waals surface area contributed by atoms with E-state index in [1.54, 1.807) is 0 Å². The van der Waals surface area contributed by atoms with Crippen molar-refractivity contribution < 1.29 is 10.3 Å². The SMILES string of the molecule is C=CC(C)=O.O. The van der Waals surface area contributed by atoms with E-state index >= 15 is 0 Å². The van der Waals surface area contributed by atoms with E-state index in [2.05, 4.69) is 6.58 Å². The summed E-state index contributed by atoms with van der Waals surface area (Å²) < 4.78 is 0. The molecule has 0 aliphatic carbocycles. The van der Waals surface area contributed by atoms with E-state index in [0.29, 0.717) is 0 Å². The molecule has 0 spiro atoms. The standard InChI is InChI=1S/C4H6O.H2O/c1-3-4(2)5;/h3H,1H2,2H3;1H2. The summed E-state index contributed by atoms with van der Waals surface area (Å²) in [6.07, 6.45) is 1.28. The van der Waals surface area contributed by atoms with Gasteiger partial charge in [0.05, 0.1) is 0 Å². The van der Waals surface area contributed by atoms with Crippen molar-refractivity contribution in [2.75, 3.05) is 0 Å². The number of hydrogen-bond donors (Lipinski definition) is 0. The van der Waals surface area contributed by atoms with Crippen LogP contribution in [0.15, 0.2) is 12.7 Å². The Morgan fingerprint density at radius 3 is 2.00 bits per heavy atom. The van der Waals surface area contributed by atoms with Crippen LogP contribution in [0.1, 0.15) is 6.92 Å². The average molecular weight is 88.1 g/mol. The summed E-state index contributed by atoms with van der Waals surface area (Å²) in [4.78, 5) is 9.69. The second-order valence-corrected chi connectivity index (χ2v) is 0.815. The first-order valence-electron chi connectivity index (χ1n) is 1.40. The fourth-order valence-electron chi connectivity index (χ4n) is 0. The van der Waals surface area contributed by atoms with Gasteiger partial charge in [-0.3, -0.25) is 4.79 Å². The predicted molar refractivity (Wildman–Crippen MR) is 24.5 cm³/mol. The van der Waals surface area contributed by atoms with E-state index in [4.69, 9.17) is 0 Å². The van der Waals surface area contributed by atoms with Gasteiger partial charge in [0, 0.05) is 0 Å². The molecule has 0 unspecified atom stereocenters. The van der Waals surface area contributed by atoms with Gasteiger partial charge in [-0.1, -0.05) is 6.58 Å². The Kier molecular flexibility index (Phi) is 6.58. The molecule has 0 bridgehead atoms. The lowest BCUT2D eigenvalue weighted by Crippen LogP contribution is -1.74. The maximum absolute atomic E-state index is 9.69. The molecule has 0 aromatic rings. The molecule has 2 nitrogen and oxygen atoms in total. The first-order chi connectivity index (χ1) is 2.27. The smallest absolute Gasteiger partial charge is 0.152 e. The van der Waals surface area contributed by atoms with Crippen LogP contribution in [0, 0.1) is 0 Å². The molecule has 0 aliphatic heterocycles. The van der Waals surface area contributed by atoms with Crippen molar-refractivity contribution in [2.24, 2.45) is 0 Å². The summed E-state index contributed by atoms with van der Waals surface area (Å²) in [6, 6.07) is 0. The summed E-state index contributed by atoms with van der Waals surface area (Å²) in [5.74, 6) is 0.0185. The van der Waals surface area contributed by atoms with Crippen molar-refractivity contribution in [3.05, 3.63) is 12.7 Å². The molecule has 6 heavy (non-hydrogen) atoms. The molecule has 0 atom stereocenters. The van der Waals surface area contributed by atoms with Crippen molar-refractivity contribution in [1.29, 1.82) is 0 Å². The number of carbonyl (C=O) groups is 1. The second kappa shape index (κ2) is 4.37. The Hall–Kier alpha value is -0.630. The second-order valence-electron chi connectivity index (χ2n) is 0.815. The molecule has 0 saturated carbocycles. The van der Waals surface area contributed by atoms with E-state index in [1.165, 1.54) is 13.0 Å². The topological polar surface area (TPSA) is 48.6 Å². The van der Waals surface area contributed by atoms with Gasteiger partial charge in [-0.15, -0.1) is 0 Å². The van der Waals surface area contributed by atoms with Gasteiger partial charge in [0.1, 0.15) is 0 Å². The summed E-state index contributed by atoms with van der Waals surface area (Å²) >= 11 is 0. The monoisotopic (exact) mass is 88.1 g/mol. The highest BCUT2D eigenvalue weighted by molar-refractivity contribution is 5.86. The Morgan fingerprint density at radius 2 is 2.00 bits per heavy atom. The Balaban J connectivity index is 0. The molecule has 0 aliphatic rings. The quantitative estimate of drug-likeness (QED) is 0.414. The van der Waals surface area contributed by atoms with Crippen molar-refractivity contribution in [2.45, 2.75) is 6.92 Å². The van der Waals surface area contributed by atoms with Crippen LogP contribution in [0.25, 0.3) is 0 Å². The van der Waals surface area contributed by atoms with Gasteiger partial charge in [0.15, 0.2) is 5.78 Å². The molecule has 0 heterocycles. The van der Waals surface area contributed by atoms with Gasteiger partial charge in [-0.2, -0.15) is 0 Å². The summed E-state index contributed by atoms with van der Waals surface area (Å²) in [6.45, 7) is 4.68. The first kappa shape index (κ1) is 9.03. The zero-order valence-corrected chi connectivity index (χ0v) is 3.69. The lowest BCUT2D eigenvalue weighted by molar-refractivity contribution is -0.112. The lowest BCUT2D eigenvalue weighted by atomic mass is 10.5. The van der Waals surface area contributed by atoms with Crippen LogP contribution in [0.3, 0.4) is 0 Å². The minimum absolute atomic E-state index is 0. The van der Waals surface area contributed by atoms with Gasteiger partial charge in [-0.25, -0.2) is 0 Å². The fraction of sp³-hybridized carbons (Fsp3) is 0.250. The van der Waals surface area contributed by atoms with E-state index in [1.807, 2.05) is 0 Å². The molecule has 0 aromatic heterocycles. The van der Waals surface area contributed by atoms with Crippen molar-refractivity contribution in [3.63, 3.8) is 0 Å². The highest BCUT2D eigenvalue weighted by Crippen LogP contribution is 1.60. The van der Waals surface area contributed by atoms with Gasteiger partial charge >= 0.3 is 0 Å². The zero-order chi connectivity index (χ0) is 4.28. The van der Waals surface area contributed by atoms with Crippen LogP contribution < -0.4 is 0 Å². The van der Waals surface area contributed by atoms with Gasteiger partial charge < -0.3 is 5.48 Å². The molecular formula is C4H8O2.